The molecule has 4 aliphatic rings. The maximum absolute atomic E-state index is 13.0. The van der Waals surface area contributed by atoms with E-state index in [1.54, 1.807) is 7.05 Å². The van der Waals surface area contributed by atoms with E-state index >= 15 is 0 Å². The SMILES string of the molecule is CNC(=O)C1C2C[N+](C)(CC3=C(C(=O)O)N4C(=O)[C@@H](NC(=O)/C(=N\O)c5nsc(N)n5)[C@@H]4SC3)CC21. The molecule has 192 valence electrons. The number of aromatic nitrogens is 2. The number of amides is 3. The first-order valence-electron chi connectivity index (χ1n) is 11.2. The Balaban J connectivity index is 1.28. The molecule has 1 aromatic rings. The number of likely N-dealkylation sites (N-methyl/N-ethyl adjacent to an activating group) is 1. The highest BCUT2D eigenvalue weighted by Crippen LogP contribution is 2.54. The van der Waals surface area contributed by atoms with Crippen LogP contribution in [0.2, 0.25) is 0 Å². The maximum atomic E-state index is 13.0. The predicted molar refractivity (Wildman–Crippen MR) is 128 cm³/mol. The van der Waals surface area contributed by atoms with Crippen molar-refractivity contribution in [2.24, 2.45) is 22.9 Å². The van der Waals surface area contributed by atoms with E-state index < -0.39 is 34.9 Å². The fraction of sp³-hybridized carbons (Fsp3) is 0.550. The second-order valence-electron chi connectivity index (χ2n) is 9.63. The summed E-state index contributed by atoms with van der Waals surface area (Å²) < 4.78 is 4.45. The third-order valence-corrected chi connectivity index (χ3v) is 9.14. The van der Waals surface area contributed by atoms with E-state index in [1.807, 2.05) is 7.05 Å². The number of carbonyl (C=O) groups is 4. The minimum Gasteiger partial charge on any atom is -0.477 e. The Kier molecular flexibility index (Phi) is 5.91. The van der Waals surface area contributed by atoms with Gasteiger partial charge in [0.1, 0.15) is 23.7 Å². The van der Waals surface area contributed by atoms with Crippen LogP contribution >= 0.6 is 23.3 Å². The van der Waals surface area contributed by atoms with Gasteiger partial charge in [0.05, 0.1) is 26.1 Å². The monoisotopic (exact) mass is 537 g/mol. The molecule has 16 heteroatoms. The van der Waals surface area contributed by atoms with Gasteiger partial charge in [-0.25, -0.2) is 4.79 Å². The largest absolute Gasteiger partial charge is 0.477 e. The number of oxime groups is 1. The molecule has 3 fully saturated rings. The zero-order valence-electron chi connectivity index (χ0n) is 19.4. The fourth-order valence-corrected chi connectivity index (χ4v) is 7.49. The first kappa shape index (κ1) is 24.5. The number of anilines is 1. The van der Waals surface area contributed by atoms with Crippen LogP contribution in [0.5, 0.6) is 0 Å². The molecule has 36 heavy (non-hydrogen) atoms. The molecule has 3 amide bonds. The van der Waals surface area contributed by atoms with Crippen LogP contribution in [0.3, 0.4) is 0 Å². The van der Waals surface area contributed by atoms with Crippen LogP contribution in [0, 0.1) is 17.8 Å². The van der Waals surface area contributed by atoms with Crippen molar-refractivity contribution in [2.45, 2.75) is 11.4 Å². The number of nitrogens with zero attached hydrogens (tertiary/aromatic N) is 5. The zero-order valence-corrected chi connectivity index (χ0v) is 21.0. The first-order chi connectivity index (χ1) is 17.1. The van der Waals surface area contributed by atoms with Crippen molar-refractivity contribution in [3.05, 3.63) is 17.1 Å². The third kappa shape index (κ3) is 3.88. The summed E-state index contributed by atoms with van der Waals surface area (Å²) in [5.41, 5.74) is 5.62. The number of aliphatic carboxylic acids is 1. The number of nitrogen functional groups attached to an aromatic ring is 1. The van der Waals surface area contributed by atoms with Gasteiger partial charge in [-0.05, 0) is 0 Å². The Bertz CT molecular complexity index is 1220. The second-order valence-corrected chi connectivity index (χ2v) is 11.5. The summed E-state index contributed by atoms with van der Waals surface area (Å²) in [7, 11) is 3.68. The number of likely N-dealkylation sites (tertiary alicyclic amines) is 1. The van der Waals surface area contributed by atoms with E-state index in [2.05, 4.69) is 25.1 Å². The normalized spacial score (nSPS) is 32.9. The Morgan fingerprint density at radius 2 is 2.00 bits per heavy atom. The first-order valence-corrected chi connectivity index (χ1v) is 13.0. The Labute approximate surface area is 213 Å². The molecule has 0 spiro atoms. The molecule has 14 nitrogen and oxygen atoms in total. The van der Waals surface area contributed by atoms with Gasteiger partial charge in [-0.3, -0.25) is 19.3 Å². The zero-order chi connectivity index (χ0) is 25.9. The number of rotatable bonds is 7. The van der Waals surface area contributed by atoms with E-state index in [-0.39, 0.29) is 28.5 Å². The number of thioether (sulfide) groups is 1. The van der Waals surface area contributed by atoms with Gasteiger partial charge in [0.2, 0.25) is 17.4 Å². The average Bonchev–Trinajstić information content (AvgIpc) is 3.13. The van der Waals surface area contributed by atoms with Gasteiger partial charge in [-0.15, -0.1) is 11.8 Å². The molecule has 3 aliphatic heterocycles. The van der Waals surface area contributed by atoms with Crippen LogP contribution < -0.4 is 16.4 Å². The number of β-lactam (4-membered cyclic amide) rings is 1. The number of nitrogens with one attached hydrogen (secondary N) is 2. The molecule has 1 aromatic heterocycles. The number of hydrogen-bond donors (Lipinski definition) is 5. The van der Waals surface area contributed by atoms with Crippen molar-refractivity contribution in [3.8, 4) is 0 Å². The van der Waals surface area contributed by atoms with E-state index in [4.69, 9.17) is 5.73 Å². The molecule has 1 saturated carbocycles. The molecule has 5 rings (SSSR count). The predicted octanol–water partition coefficient (Wildman–Crippen LogP) is -1.89. The number of fused-ring (bicyclic) bond motifs is 2. The molecule has 0 bridgehead atoms. The van der Waals surface area contributed by atoms with E-state index in [1.165, 1.54) is 16.7 Å². The van der Waals surface area contributed by atoms with Crippen LogP contribution in [0.25, 0.3) is 0 Å². The highest BCUT2D eigenvalue weighted by Gasteiger charge is 2.65. The summed E-state index contributed by atoms with van der Waals surface area (Å²) in [6.45, 7) is 2.02. The molecule has 4 heterocycles. The lowest BCUT2D eigenvalue weighted by molar-refractivity contribution is -0.898. The smallest absolute Gasteiger partial charge is 0.352 e. The van der Waals surface area contributed by atoms with Crippen LogP contribution in [0.1, 0.15) is 5.82 Å². The van der Waals surface area contributed by atoms with Crippen LogP contribution in [0.15, 0.2) is 16.4 Å². The summed E-state index contributed by atoms with van der Waals surface area (Å²) >= 11 is 2.18. The average molecular weight is 538 g/mol. The number of piperidine rings is 1. The van der Waals surface area contributed by atoms with Crippen molar-refractivity contribution in [1.82, 2.24) is 24.9 Å². The molecule has 2 unspecified atom stereocenters. The number of hydrogen-bond acceptors (Lipinski definition) is 11. The van der Waals surface area contributed by atoms with Crippen molar-refractivity contribution in [1.29, 1.82) is 0 Å². The summed E-state index contributed by atoms with van der Waals surface area (Å²) in [5, 5.41) is 26.8. The highest BCUT2D eigenvalue weighted by atomic mass is 32.2. The molecule has 2 saturated heterocycles. The van der Waals surface area contributed by atoms with Crippen molar-refractivity contribution >= 4 is 57.8 Å². The lowest BCUT2D eigenvalue weighted by Gasteiger charge is -2.50. The van der Waals surface area contributed by atoms with Crippen LogP contribution in [-0.2, 0) is 19.2 Å². The molecule has 4 atom stereocenters. The Morgan fingerprint density at radius 1 is 1.31 bits per heavy atom. The molecular weight excluding hydrogens is 512 g/mol. The van der Waals surface area contributed by atoms with E-state index in [0.717, 1.165) is 24.6 Å². The molecular formula is C20H25N8O6S2+. The minimum absolute atomic E-state index is 0.0313. The number of quaternary nitrogens is 1. The van der Waals surface area contributed by atoms with E-state index in [0.29, 0.717) is 34.2 Å². The number of carboxylic acids is 1. The van der Waals surface area contributed by atoms with Gasteiger partial charge in [0, 0.05) is 41.7 Å². The van der Waals surface area contributed by atoms with Crippen molar-refractivity contribution < 1.29 is 34.0 Å². The third-order valence-electron chi connectivity index (χ3n) is 7.26. The van der Waals surface area contributed by atoms with Crippen molar-refractivity contribution in [3.63, 3.8) is 0 Å². The van der Waals surface area contributed by atoms with Gasteiger partial charge in [-0.2, -0.15) is 9.36 Å². The van der Waals surface area contributed by atoms with Gasteiger partial charge >= 0.3 is 5.97 Å². The quantitative estimate of drug-likeness (QED) is 0.0860. The Hall–Kier alpha value is -3.24. The number of carboxylic acid groups (broad SMARTS) is 1. The lowest BCUT2D eigenvalue weighted by Crippen LogP contribution is -2.71. The number of nitrogens with two attached hydrogens (primary N) is 1. The van der Waals surface area contributed by atoms with Crippen LogP contribution in [0.4, 0.5) is 5.13 Å². The summed E-state index contributed by atoms with van der Waals surface area (Å²) in [5.74, 6) is -1.76. The molecule has 0 aromatic carbocycles. The summed E-state index contributed by atoms with van der Waals surface area (Å²) in [4.78, 5) is 54.8. The van der Waals surface area contributed by atoms with Gasteiger partial charge in [-0.1, -0.05) is 5.16 Å². The minimum atomic E-state index is -1.20. The summed E-state index contributed by atoms with van der Waals surface area (Å²) in [6, 6.07) is -0.997. The Morgan fingerprint density at radius 3 is 2.56 bits per heavy atom. The fourth-order valence-electron chi connectivity index (χ4n) is 5.72. The lowest BCUT2D eigenvalue weighted by atomic mass is 10.0. The van der Waals surface area contributed by atoms with Gasteiger partial charge < -0.3 is 31.2 Å². The highest BCUT2D eigenvalue weighted by molar-refractivity contribution is 8.00. The summed E-state index contributed by atoms with van der Waals surface area (Å²) in [6.07, 6.45) is 0. The number of carbonyl (C=O) groups excluding carboxylic acids is 3. The van der Waals surface area contributed by atoms with E-state index in [9.17, 15) is 29.5 Å². The second kappa shape index (κ2) is 8.70. The van der Waals surface area contributed by atoms with Crippen LogP contribution in [-0.4, -0.2) is 109 Å². The molecule has 6 N–H and O–H groups in total. The van der Waals surface area contributed by atoms with Gasteiger partial charge in [0.15, 0.2) is 5.13 Å². The maximum Gasteiger partial charge on any atom is 0.352 e. The molecule has 1 aliphatic carbocycles. The standard InChI is InChI=1S/C20H24N8O6S2/c1-22-15(29)10-8-4-28(2,5-9(8)10)3-7-6-35-18-12(17(31)27(18)13(7)19(32)33)23-16(30)11(25-34)14-24-20(21)36-26-14/h8-10,12,18H,3-6H2,1-2H3,(H5-,21,22,23,24,26,29,30,32,33,34)/p+1/t8?,9?,10?,12-,18+,28?/m1/s1. The van der Waals surface area contributed by atoms with Gasteiger partial charge in [0.25, 0.3) is 11.8 Å². The van der Waals surface area contributed by atoms with Crippen molar-refractivity contribution in [2.75, 3.05) is 45.2 Å². The molecule has 0 radical (unpaired) electrons. The topological polar surface area (TPSA) is 200 Å².